The van der Waals surface area contributed by atoms with Crippen LogP contribution in [0.15, 0.2) is 72.9 Å². The highest BCUT2D eigenvalue weighted by molar-refractivity contribution is 7.47. The zero-order valence-corrected chi connectivity index (χ0v) is 46.7. The van der Waals surface area contributed by atoms with Crippen LogP contribution in [0, 0.1) is 0 Å². The van der Waals surface area contributed by atoms with Crippen LogP contribution in [0.4, 0.5) is 0 Å². The van der Waals surface area contributed by atoms with Gasteiger partial charge in [0.2, 0.25) is 0 Å². The van der Waals surface area contributed by atoms with Crippen molar-refractivity contribution in [1.82, 2.24) is 0 Å². The highest BCUT2D eigenvalue weighted by atomic mass is 31.2. The zero-order chi connectivity index (χ0) is 50.5. The van der Waals surface area contributed by atoms with Crippen molar-refractivity contribution in [2.24, 2.45) is 0 Å². The first-order valence-electron chi connectivity index (χ1n) is 28.7. The lowest BCUT2D eigenvalue weighted by atomic mass is 10.0. The van der Waals surface area contributed by atoms with E-state index >= 15 is 0 Å². The monoisotopic (exact) mass is 989 g/mol. The third-order valence-corrected chi connectivity index (χ3v) is 13.2. The molecule has 0 heterocycles. The van der Waals surface area contributed by atoms with Gasteiger partial charge < -0.3 is 18.9 Å². The maximum atomic E-state index is 12.8. The lowest BCUT2D eigenvalue weighted by Gasteiger charge is -2.24. The molecule has 0 saturated heterocycles. The van der Waals surface area contributed by atoms with Crippen LogP contribution in [0.5, 0.6) is 0 Å². The molecule has 0 saturated carbocycles. The summed E-state index contributed by atoms with van der Waals surface area (Å²) in [5, 5.41) is 0. The van der Waals surface area contributed by atoms with E-state index in [0.717, 1.165) is 83.5 Å². The van der Waals surface area contributed by atoms with Gasteiger partial charge in [0, 0.05) is 13.0 Å². The number of hydrogen-bond donors (Lipinski definition) is 1. The summed E-state index contributed by atoms with van der Waals surface area (Å²) in [6, 6.07) is 0. The number of phosphoric ester groups is 1. The molecule has 0 amide bonds. The molecule has 0 aromatic heterocycles. The van der Waals surface area contributed by atoms with Crippen molar-refractivity contribution in [2.75, 3.05) is 54.1 Å². The minimum Gasteiger partial charge on any atom is -0.457 e. The number of quaternary nitrogens is 1. The fourth-order valence-corrected chi connectivity index (χ4v) is 8.61. The van der Waals surface area contributed by atoms with Crippen LogP contribution in [-0.2, 0) is 27.9 Å². The summed E-state index contributed by atoms with van der Waals surface area (Å²) in [4.78, 5) is 23.1. The third-order valence-electron chi connectivity index (χ3n) is 12.3. The lowest BCUT2D eigenvalue weighted by Crippen LogP contribution is -2.37. The van der Waals surface area contributed by atoms with Gasteiger partial charge >= 0.3 is 13.8 Å². The van der Waals surface area contributed by atoms with Crippen LogP contribution in [0.3, 0.4) is 0 Å². The fraction of sp³-hybridized carbons (Fsp3) is 0.783. The largest absolute Gasteiger partial charge is 0.472 e. The van der Waals surface area contributed by atoms with E-state index in [1.807, 2.05) is 21.1 Å². The molecule has 0 aliphatic rings. The Bertz CT molecular complexity index is 1330. The van der Waals surface area contributed by atoms with Gasteiger partial charge in [-0.2, -0.15) is 0 Å². The number of nitrogens with zero attached hydrogens (tertiary/aromatic N) is 1. The Labute approximate surface area is 427 Å². The van der Waals surface area contributed by atoms with Crippen LogP contribution in [0.25, 0.3) is 0 Å². The molecule has 0 bridgehead atoms. The Kier molecular flexibility index (Phi) is 50.7. The van der Waals surface area contributed by atoms with Crippen molar-refractivity contribution >= 4 is 13.8 Å². The van der Waals surface area contributed by atoms with Crippen molar-refractivity contribution < 1.29 is 37.3 Å². The number of ether oxygens (including phenoxy) is 2. The molecule has 0 spiro atoms. The van der Waals surface area contributed by atoms with Gasteiger partial charge in [-0.3, -0.25) is 13.8 Å². The number of rotatable bonds is 53. The molecule has 0 fully saturated rings. The number of carbonyl (C=O) groups is 1. The van der Waals surface area contributed by atoms with Gasteiger partial charge in [-0.05, 0) is 83.5 Å². The minimum atomic E-state index is -4.29. The van der Waals surface area contributed by atoms with E-state index in [1.54, 1.807) is 0 Å². The molecule has 0 rings (SSSR count). The average Bonchev–Trinajstić information content (AvgIpc) is 3.31. The van der Waals surface area contributed by atoms with Crippen molar-refractivity contribution in [1.29, 1.82) is 0 Å². The van der Waals surface area contributed by atoms with Gasteiger partial charge in [0.15, 0.2) is 0 Å². The number of likely N-dealkylation sites (N-methyl/N-ethyl adjacent to an activating group) is 1. The van der Waals surface area contributed by atoms with E-state index in [-0.39, 0.29) is 25.8 Å². The van der Waals surface area contributed by atoms with E-state index in [0.29, 0.717) is 24.1 Å². The molecule has 0 aromatic rings. The predicted octanol–water partition coefficient (Wildman–Crippen LogP) is 18.2. The van der Waals surface area contributed by atoms with Gasteiger partial charge in [-0.15, -0.1) is 0 Å². The normalized spacial score (nSPS) is 14.0. The second kappa shape index (κ2) is 52.3. The molecule has 402 valence electrons. The van der Waals surface area contributed by atoms with Crippen molar-refractivity contribution in [3.8, 4) is 0 Å². The number of hydrogen-bond acceptors (Lipinski definition) is 6. The van der Waals surface area contributed by atoms with Crippen molar-refractivity contribution in [2.45, 2.75) is 251 Å². The van der Waals surface area contributed by atoms with Crippen LogP contribution >= 0.6 is 7.82 Å². The summed E-state index contributed by atoms with van der Waals surface area (Å²) in [5.41, 5.74) is 0. The Morgan fingerprint density at radius 2 is 0.841 bits per heavy atom. The highest BCUT2D eigenvalue weighted by Gasteiger charge is 2.26. The van der Waals surface area contributed by atoms with E-state index in [2.05, 4.69) is 86.8 Å². The molecule has 0 aromatic carbocycles. The van der Waals surface area contributed by atoms with Gasteiger partial charge in [0.1, 0.15) is 19.3 Å². The summed E-state index contributed by atoms with van der Waals surface area (Å²) in [6.45, 7) is 5.50. The molecular formula is C60H111NO7P+. The maximum absolute atomic E-state index is 12.8. The average molecular weight is 990 g/mol. The third kappa shape index (κ3) is 56.7. The van der Waals surface area contributed by atoms with Crippen LogP contribution < -0.4 is 0 Å². The van der Waals surface area contributed by atoms with Crippen LogP contribution in [0.1, 0.15) is 245 Å². The lowest BCUT2D eigenvalue weighted by molar-refractivity contribution is -0.870. The van der Waals surface area contributed by atoms with E-state index in [1.165, 1.54) is 141 Å². The molecular weight excluding hydrogens is 878 g/mol. The Balaban J connectivity index is 4.10. The summed E-state index contributed by atoms with van der Waals surface area (Å²) >= 11 is 0. The number of esters is 1. The second-order valence-corrected chi connectivity index (χ2v) is 21.7. The highest BCUT2D eigenvalue weighted by Crippen LogP contribution is 2.43. The molecule has 0 radical (unpaired) electrons. The number of allylic oxidation sites excluding steroid dienone is 12. The van der Waals surface area contributed by atoms with Gasteiger partial charge in [0.25, 0.3) is 0 Å². The van der Waals surface area contributed by atoms with Crippen LogP contribution in [0.2, 0.25) is 0 Å². The molecule has 69 heavy (non-hydrogen) atoms. The van der Waals surface area contributed by atoms with Crippen LogP contribution in [-0.4, -0.2) is 75.6 Å². The van der Waals surface area contributed by atoms with E-state index in [9.17, 15) is 14.3 Å². The van der Waals surface area contributed by atoms with Crippen molar-refractivity contribution in [3.63, 3.8) is 0 Å². The van der Waals surface area contributed by atoms with E-state index < -0.39 is 13.9 Å². The van der Waals surface area contributed by atoms with E-state index in [4.69, 9.17) is 18.5 Å². The maximum Gasteiger partial charge on any atom is 0.472 e. The zero-order valence-electron chi connectivity index (χ0n) is 45.8. The Morgan fingerprint density at radius 3 is 1.28 bits per heavy atom. The first-order chi connectivity index (χ1) is 33.6. The van der Waals surface area contributed by atoms with Crippen molar-refractivity contribution in [3.05, 3.63) is 72.9 Å². The number of phosphoric acid groups is 1. The quantitative estimate of drug-likeness (QED) is 0.0213. The second-order valence-electron chi connectivity index (χ2n) is 20.3. The molecule has 0 aliphatic heterocycles. The molecule has 2 unspecified atom stereocenters. The first-order valence-corrected chi connectivity index (χ1v) is 30.2. The first kappa shape index (κ1) is 66.9. The topological polar surface area (TPSA) is 91.3 Å². The number of unbranched alkanes of at least 4 members (excludes halogenated alkanes) is 27. The number of carbonyl (C=O) groups excluding carboxylic acids is 1. The molecule has 2 atom stereocenters. The van der Waals surface area contributed by atoms with Gasteiger partial charge in [-0.1, -0.05) is 228 Å². The smallest absolute Gasteiger partial charge is 0.457 e. The Morgan fingerprint density at radius 1 is 0.464 bits per heavy atom. The molecule has 8 nitrogen and oxygen atoms in total. The summed E-state index contributed by atoms with van der Waals surface area (Å²) in [5.74, 6) is -0.331. The molecule has 9 heteroatoms. The summed E-state index contributed by atoms with van der Waals surface area (Å²) in [7, 11) is 1.65. The van der Waals surface area contributed by atoms with Gasteiger partial charge in [0.05, 0.1) is 34.4 Å². The fourth-order valence-electron chi connectivity index (χ4n) is 7.87. The van der Waals surface area contributed by atoms with Gasteiger partial charge in [-0.25, -0.2) is 4.57 Å². The summed E-state index contributed by atoms with van der Waals surface area (Å²) in [6.07, 6.45) is 69.7. The molecule has 0 aliphatic carbocycles. The predicted molar refractivity (Wildman–Crippen MR) is 298 cm³/mol. The SMILES string of the molecule is CC/C=C\C/C=C\C/C=C\C/C=C\C/C=C\CCCCCCCC(=O)OC(COCCCCCCCCCCCCCCCC/C=C\CCCCCCCCCC)COP(=O)(O)OCC[N+](C)(C)C. The standard InChI is InChI=1S/C60H110NO7P/c1-6-8-10-12-14-16-18-20-22-24-26-28-29-30-31-32-34-36-38-40-42-44-46-48-50-52-55-65-57-59(58-67-69(63,64)66-56-54-61(3,4)5)68-60(62)53-51-49-47-45-43-41-39-37-35-33-27-25-23-21-19-17-15-13-11-9-7-2/h9,11,15,17,21,23-24,26-27,33,37,39,59H,6-8,10,12-14,16,18-20,22,25,28-32,34-36,38,40-58H2,1-5H3/p+1/b11-9-,17-15-,23-21-,26-24-,33-27-,39-37-. The minimum absolute atomic E-state index is 0.0820. The molecule has 1 N–H and O–H groups in total. The summed E-state index contributed by atoms with van der Waals surface area (Å²) < 4.78 is 35.2. The Hall–Kier alpha value is -2.06.